The summed E-state index contributed by atoms with van der Waals surface area (Å²) in [5.74, 6) is 2.00. The lowest BCUT2D eigenvalue weighted by Crippen LogP contribution is -2.12. The Balaban J connectivity index is 1.63. The van der Waals surface area contributed by atoms with Crippen LogP contribution in [0.25, 0.3) is 0 Å². The van der Waals surface area contributed by atoms with Gasteiger partial charge in [-0.1, -0.05) is 41.4 Å². The summed E-state index contributed by atoms with van der Waals surface area (Å²) in [6.07, 6.45) is 0. The molecule has 0 saturated carbocycles. The Labute approximate surface area is 152 Å². The average molecular weight is 371 g/mol. The van der Waals surface area contributed by atoms with E-state index in [0.717, 1.165) is 5.75 Å². The Hall–Kier alpha value is -1.62. The summed E-state index contributed by atoms with van der Waals surface area (Å²) in [6.45, 7) is 4.23. The van der Waals surface area contributed by atoms with Crippen molar-refractivity contribution >= 4 is 23.2 Å². The minimum Gasteiger partial charge on any atom is -0.490 e. The lowest BCUT2D eigenvalue weighted by molar-refractivity contribution is 0.0756. The van der Waals surface area contributed by atoms with Crippen molar-refractivity contribution < 1.29 is 18.9 Å². The number of rotatable bonds is 10. The molecule has 0 aliphatic carbocycles. The first-order valence-corrected chi connectivity index (χ1v) is 8.47. The summed E-state index contributed by atoms with van der Waals surface area (Å²) in [4.78, 5) is 0. The molecule has 0 N–H and O–H groups in total. The molecule has 0 aliphatic heterocycles. The molecule has 0 spiro atoms. The molecule has 0 aliphatic rings. The molecule has 24 heavy (non-hydrogen) atoms. The third kappa shape index (κ3) is 5.78. The third-order valence-corrected chi connectivity index (χ3v) is 3.84. The van der Waals surface area contributed by atoms with Crippen LogP contribution in [-0.4, -0.2) is 33.0 Å². The van der Waals surface area contributed by atoms with E-state index in [4.69, 9.17) is 42.1 Å². The standard InChI is InChI=1S/C18H20Cl2O4/c1-2-22-15-7-3-4-8-16(15)23-12-10-21-11-13-24-17-9-5-6-14(19)18(17)20/h3-9H,2,10-13H2,1H3. The maximum Gasteiger partial charge on any atom is 0.161 e. The topological polar surface area (TPSA) is 36.9 Å². The van der Waals surface area contributed by atoms with Crippen LogP contribution < -0.4 is 14.2 Å². The fourth-order valence-electron chi connectivity index (χ4n) is 1.96. The summed E-state index contributed by atoms with van der Waals surface area (Å²) >= 11 is 12.0. The number of ether oxygens (including phenoxy) is 4. The molecule has 0 unspecified atom stereocenters. The maximum atomic E-state index is 6.03. The molecule has 0 aromatic heterocycles. The second-order valence-corrected chi connectivity index (χ2v) is 5.53. The van der Waals surface area contributed by atoms with Crippen LogP contribution in [0.2, 0.25) is 10.0 Å². The molecule has 0 atom stereocenters. The van der Waals surface area contributed by atoms with Crippen LogP contribution >= 0.6 is 23.2 Å². The van der Waals surface area contributed by atoms with Crippen LogP contribution in [0.1, 0.15) is 6.92 Å². The van der Waals surface area contributed by atoms with Gasteiger partial charge in [0.1, 0.15) is 24.0 Å². The second-order valence-electron chi connectivity index (χ2n) is 4.74. The second kappa shape index (κ2) is 10.3. The fraction of sp³-hybridized carbons (Fsp3) is 0.333. The summed E-state index contributed by atoms with van der Waals surface area (Å²) in [6, 6.07) is 12.8. The van der Waals surface area contributed by atoms with Crippen LogP contribution in [0.3, 0.4) is 0 Å². The highest BCUT2D eigenvalue weighted by atomic mass is 35.5. The van der Waals surface area contributed by atoms with Crippen molar-refractivity contribution in [3.05, 3.63) is 52.5 Å². The average Bonchev–Trinajstić information content (AvgIpc) is 2.59. The van der Waals surface area contributed by atoms with Gasteiger partial charge < -0.3 is 18.9 Å². The summed E-state index contributed by atoms with van der Waals surface area (Å²) < 4.78 is 22.2. The van der Waals surface area contributed by atoms with Gasteiger partial charge in [-0.15, -0.1) is 0 Å². The number of halogens is 2. The third-order valence-electron chi connectivity index (χ3n) is 3.04. The minimum atomic E-state index is 0.385. The predicted molar refractivity (Wildman–Crippen MR) is 95.9 cm³/mol. The van der Waals surface area contributed by atoms with Gasteiger partial charge in [0.15, 0.2) is 11.5 Å². The van der Waals surface area contributed by atoms with Gasteiger partial charge in [0, 0.05) is 0 Å². The van der Waals surface area contributed by atoms with E-state index >= 15 is 0 Å². The lowest BCUT2D eigenvalue weighted by atomic mass is 10.3. The van der Waals surface area contributed by atoms with Crippen molar-refractivity contribution in [2.75, 3.05) is 33.0 Å². The van der Waals surface area contributed by atoms with Crippen molar-refractivity contribution in [1.29, 1.82) is 0 Å². The van der Waals surface area contributed by atoms with Gasteiger partial charge >= 0.3 is 0 Å². The zero-order valence-corrected chi connectivity index (χ0v) is 15.0. The van der Waals surface area contributed by atoms with E-state index in [2.05, 4.69) is 0 Å². The van der Waals surface area contributed by atoms with Gasteiger partial charge in [-0.05, 0) is 31.2 Å². The van der Waals surface area contributed by atoms with Crippen LogP contribution in [0, 0.1) is 0 Å². The molecule has 4 nitrogen and oxygen atoms in total. The largest absolute Gasteiger partial charge is 0.490 e. The van der Waals surface area contributed by atoms with E-state index in [1.165, 1.54) is 0 Å². The van der Waals surface area contributed by atoms with E-state index < -0.39 is 0 Å². The minimum absolute atomic E-state index is 0.385. The van der Waals surface area contributed by atoms with E-state index in [1.54, 1.807) is 18.2 Å². The van der Waals surface area contributed by atoms with E-state index in [-0.39, 0.29) is 0 Å². The van der Waals surface area contributed by atoms with Crippen LogP contribution in [0.15, 0.2) is 42.5 Å². The molecule has 0 radical (unpaired) electrons. The Morgan fingerprint density at radius 3 is 1.96 bits per heavy atom. The van der Waals surface area contributed by atoms with Gasteiger partial charge in [0.2, 0.25) is 0 Å². The maximum absolute atomic E-state index is 6.03. The van der Waals surface area contributed by atoms with Crippen molar-refractivity contribution in [3.8, 4) is 17.2 Å². The molecule has 0 amide bonds. The van der Waals surface area contributed by atoms with E-state index in [1.807, 2.05) is 31.2 Å². The molecule has 2 rings (SSSR count). The normalized spacial score (nSPS) is 10.5. The summed E-state index contributed by atoms with van der Waals surface area (Å²) in [5.41, 5.74) is 0. The summed E-state index contributed by atoms with van der Waals surface area (Å²) in [7, 11) is 0. The molecule has 2 aromatic carbocycles. The van der Waals surface area contributed by atoms with Crippen molar-refractivity contribution in [1.82, 2.24) is 0 Å². The highest BCUT2D eigenvalue weighted by Gasteiger charge is 2.05. The smallest absolute Gasteiger partial charge is 0.161 e. The van der Waals surface area contributed by atoms with Crippen LogP contribution in [0.4, 0.5) is 0 Å². The monoisotopic (exact) mass is 370 g/mol. The Kier molecular flexibility index (Phi) is 8.02. The van der Waals surface area contributed by atoms with Gasteiger partial charge in [-0.25, -0.2) is 0 Å². The first-order valence-electron chi connectivity index (χ1n) is 7.71. The predicted octanol–water partition coefficient (Wildman–Crippen LogP) is 4.87. The highest BCUT2D eigenvalue weighted by Crippen LogP contribution is 2.31. The van der Waals surface area contributed by atoms with Crippen LogP contribution in [-0.2, 0) is 4.74 Å². The molecule has 130 valence electrons. The molecule has 0 fully saturated rings. The molecule has 0 saturated heterocycles. The number of benzene rings is 2. The van der Waals surface area contributed by atoms with Crippen molar-refractivity contribution in [3.63, 3.8) is 0 Å². The Bertz CT molecular complexity index is 634. The fourth-order valence-corrected chi connectivity index (χ4v) is 2.31. The molecular weight excluding hydrogens is 351 g/mol. The molecular formula is C18H20Cl2O4. The molecule has 0 bridgehead atoms. The highest BCUT2D eigenvalue weighted by molar-refractivity contribution is 6.42. The zero-order chi connectivity index (χ0) is 17.2. The molecule has 0 heterocycles. The number of para-hydroxylation sites is 2. The Morgan fingerprint density at radius 2 is 1.29 bits per heavy atom. The van der Waals surface area contributed by atoms with Gasteiger partial charge in [0.25, 0.3) is 0 Å². The van der Waals surface area contributed by atoms with E-state index in [9.17, 15) is 0 Å². The SMILES string of the molecule is CCOc1ccccc1OCCOCCOc1cccc(Cl)c1Cl. The van der Waals surface area contributed by atoms with Crippen LogP contribution in [0.5, 0.6) is 17.2 Å². The van der Waals surface area contributed by atoms with E-state index in [0.29, 0.717) is 54.6 Å². The number of hydrogen-bond donors (Lipinski definition) is 0. The zero-order valence-electron chi connectivity index (χ0n) is 13.5. The first kappa shape index (κ1) is 18.7. The quantitative estimate of drug-likeness (QED) is 0.559. The van der Waals surface area contributed by atoms with Crippen molar-refractivity contribution in [2.45, 2.75) is 6.92 Å². The van der Waals surface area contributed by atoms with Gasteiger partial charge in [-0.3, -0.25) is 0 Å². The molecule has 6 heteroatoms. The lowest BCUT2D eigenvalue weighted by Gasteiger charge is -2.12. The van der Waals surface area contributed by atoms with Gasteiger partial charge in [-0.2, -0.15) is 0 Å². The van der Waals surface area contributed by atoms with Gasteiger partial charge in [0.05, 0.1) is 24.8 Å². The Morgan fingerprint density at radius 1 is 0.708 bits per heavy atom. The van der Waals surface area contributed by atoms with Crippen molar-refractivity contribution in [2.24, 2.45) is 0 Å². The first-order chi connectivity index (χ1) is 11.7. The number of hydrogen-bond acceptors (Lipinski definition) is 4. The summed E-state index contributed by atoms with van der Waals surface area (Å²) in [5, 5.41) is 0.881. The molecule has 2 aromatic rings.